The molecule has 2 saturated heterocycles. The molecule has 3 aliphatic rings. The predicted molar refractivity (Wildman–Crippen MR) is 155 cm³/mol. The molecule has 0 bridgehead atoms. The molecule has 0 radical (unpaired) electrons. The van der Waals surface area contributed by atoms with E-state index in [2.05, 4.69) is 10.3 Å². The van der Waals surface area contributed by atoms with Gasteiger partial charge < -0.3 is 29.5 Å². The Kier molecular flexibility index (Phi) is 9.93. The van der Waals surface area contributed by atoms with Gasteiger partial charge >= 0.3 is 0 Å². The van der Waals surface area contributed by atoms with E-state index in [4.69, 9.17) is 14.2 Å². The van der Waals surface area contributed by atoms with Crippen molar-refractivity contribution in [2.24, 2.45) is 0 Å². The normalized spacial score (nSPS) is 21.3. The number of piperidine rings is 1. The quantitative estimate of drug-likeness (QED) is 0.295. The molecule has 4 heterocycles. The number of halogens is 2. The Morgan fingerprint density at radius 3 is 2.66 bits per heavy atom. The van der Waals surface area contributed by atoms with Gasteiger partial charge in [-0.25, -0.2) is 35.3 Å². The minimum Gasteiger partial charge on any atom is -0.491 e. The van der Waals surface area contributed by atoms with Crippen molar-refractivity contribution in [2.75, 3.05) is 64.5 Å². The van der Waals surface area contributed by atoms with Gasteiger partial charge in [0, 0.05) is 38.8 Å². The molecule has 13 nitrogen and oxygen atoms in total. The topological polar surface area (TPSA) is 160 Å². The van der Waals surface area contributed by atoms with Gasteiger partial charge in [-0.15, -0.1) is 0 Å². The van der Waals surface area contributed by atoms with Gasteiger partial charge in [-0.1, -0.05) is 6.07 Å². The lowest BCUT2D eigenvalue weighted by Gasteiger charge is -2.38. The summed E-state index contributed by atoms with van der Waals surface area (Å²) in [5.41, 5.74) is 0.185. The summed E-state index contributed by atoms with van der Waals surface area (Å²) >= 11 is 0. The van der Waals surface area contributed by atoms with Crippen LogP contribution in [-0.4, -0.2) is 115 Å². The number of fused-ring (bicyclic) bond motifs is 1. The first kappa shape index (κ1) is 32.7. The second-order valence-corrected chi connectivity index (χ2v) is 14.9. The third kappa shape index (κ3) is 7.58. The molecule has 0 amide bonds. The van der Waals surface area contributed by atoms with Crippen LogP contribution in [0.4, 0.5) is 14.5 Å². The van der Waals surface area contributed by atoms with Crippen LogP contribution in [0.1, 0.15) is 19.3 Å². The molecular weight excluding hydrogens is 624 g/mol. The summed E-state index contributed by atoms with van der Waals surface area (Å²) in [7, 11) is -6.00. The van der Waals surface area contributed by atoms with Gasteiger partial charge in [0.25, 0.3) is 6.43 Å². The number of ether oxygens (including phenoxy) is 3. The molecule has 2 fully saturated rings. The largest absolute Gasteiger partial charge is 0.491 e. The molecule has 2 atom stereocenters. The Hall–Kier alpha value is -2.67. The van der Waals surface area contributed by atoms with Gasteiger partial charge in [0.1, 0.15) is 35.7 Å². The first-order chi connectivity index (χ1) is 20.9. The maximum Gasteiger partial charge on any atom is 0.251 e. The number of benzene rings is 1. The zero-order chi connectivity index (χ0) is 31.5. The van der Waals surface area contributed by atoms with E-state index in [1.807, 2.05) is 16.7 Å². The Balaban J connectivity index is 1.07. The molecule has 44 heavy (non-hydrogen) atoms. The molecule has 1 aromatic carbocycles. The monoisotopic (exact) mass is 661 g/mol. The molecule has 2 aromatic rings. The van der Waals surface area contributed by atoms with Crippen molar-refractivity contribution in [1.82, 2.24) is 19.3 Å². The summed E-state index contributed by atoms with van der Waals surface area (Å²) in [4.78, 5) is 6.04. The van der Waals surface area contributed by atoms with Crippen LogP contribution in [0.25, 0.3) is 0 Å². The molecule has 3 aliphatic heterocycles. The fourth-order valence-electron chi connectivity index (χ4n) is 5.50. The molecule has 0 saturated carbocycles. The van der Waals surface area contributed by atoms with Gasteiger partial charge in [-0.05, 0) is 37.5 Å². The molecule has 5 rings (SSSR count). The first-order valence-corrected chi connectivity index (χ1v) is 17.2. The maximum atomic E-state index is 13.4. The minimum atomic E-state index is -4.13. The molecule has 244 valence electrons. The van der Waals surface area contributed by atoms with E-state index in [1.165, 1.54) is 34.8 Å². The van der Waals surface area contributed by atoms with E-state index < -0.39 is 44.7 Å². The second-order valence-electron chi connectivity index (χ2n) is 11.2. The number of aromatic nitrogens is 1. The number of hydrogen-bond donors (Lipinski definition) is 3. The number of hydrogen-bond acceptors (Lipinski definition) is 11. The highest BCUT2D eigenvalue weighted by atomic mass is 32.2. The minimum absolute atomic E-state index is 0.0532. The number of rotatable bonds is 12. The Morgan fingerprint density at radius 2 is 1.91 bits per heavy atom. The van der Waals surface area contributed by atoms with Crippen LogP contribution in [0.3, 0.4) is 0 Å². The number of nitrogens with zero attached hydrogens (tertiary/aromatic N) is 3. The molecule has 0 aliphatic carbocycles. The van der Waals surface area contributed by atoms with Crippen LogP contribution in [0, 0.1) is 0 Å². The molecule has 1 aromatic heterocycles. The van der Waals surface area contributed by atoms with E-state index in [9.17, 15) is 30.7 Å². The molecule has 2 unspecified atom stereocenters. The smallest absolute Gasteiger partial charge is 0.251 e. The van der Waals surface area contributed by atoms with Gasteiger partial charge in [0.15, 0.2) is 0 Å². The number of aliphatic hydroxyl groups is 1. The fourth-order valence-corrected chi connectivity index (χ4v) is 7.94. The second kappa shape index (κ2) is 13.4. The van der Waals surface area contributed by atoms with Crippen molar-refractivity contribution in [3.05, 3.63) is 36.5 Å². The number of pyridine rings is 1. The van der Waals surface area contributed by atoms with Crippen molar-refractivity contribution in [2.45, 2.75) is 53.2 Å². The number of anilines is 1. The van der Waals surface area contributed by atoms with Crippen molar-refractivity contribution >= 4 is 25.7 Å². The molecule has 3 N–H and O–H groups in total. The van der Waals surface area contributed by atoms with Crippen LogP contribution < -0.4 is 24.4 Å². The summed E-state index contributed by atoms with van der Waals surface area (Å²) in [6.45, 7) is 1.22. The number of likely N-dealkylation sites (N-methyl/N-ethyl adjacent to an activating group) is 1. The highest BCUT2D eigenvalue weighted by Gasteiger charge is 2.45. The summed E-state index contributed by atoms with van der Waals surface area (Å²) in [6.07, 6.45) is -0.692. The van der Waals surface area contributed by atoms with Crippen molar-refractivity contribution in [3.63, 3.8) is 0 Å². The number of nitrogens with one attached hydrogen (secondary N) is 2. The fraction of sp³-hybridized carbons (Fsp3) is 0.593. The van der Waals surface area contributed by atoms with E-state index in [1.54, 1.807) is 6.07 Å². The van der Waals surface area contributed by atoms with Crippen LogP contribution >= 0.6 is 0 Å². The van der Waals surface area contributed by atoms with Crippen molar-refractivity contribution < 1.29 is 44.9 Å². The molecule has 1 spiro atoms. The third-order valence-electron chi connectivity index (χ3n) is 7.99. The summed E-state index contributed by atoms with van der Waals surface area (Å²) < 4.78 is 96.4. The van der Waals surface area contributed by atoms with Crippen molar-refractivity contribution in [3.8, 4) is 11.6 Å². The van der Waals surface area contributed by atoms with Crippen LogP contribution in [0.15, 0.2) is 46.3 Å². The lowest BCUT2D eigenvalue weighted by atomic mass is 9.88. The number of aliphatic hydroxyl groups excluding tert-OH is 1. The summed E-state index contributed by atoms with van der Waals surface area (Å²) in [5, 5.41) is 13.7. The highest BCUT2D eigenvalue weighted by Crippen LogP contribution is 2.38. The van der Waals surface area contributed by atoms with E-state index in [0.717, 1.165) is 0 Å². The number of alkyl halides is 2. The van der Waals surface area contributed by atoms with Gasteiger partial charge in [0.05, 0.1) is 36.4 Å². The SMILES string of the molecule is CN1CCOc2ncc(S(=O)(=O)N3CCC4(CC3)CC(NCC(O)COc3cccc(S(=O)(=O)NCC(F)F)c3)CO4)cc21. The van der Waals surface area contributed by atoms with E-state index in [-0.39, 0.29) is 34.7 Å². The van der Waals surface area contributed by atoms with Crippen LogP contribution in [0.2, 0.25) is 0 Å². The standard InChI is InChI=1S/C27H37F2N5O8S2/c1-33-9-10-40-26-24(33)12-23(15-31-26)44(38,39)34-7-5-27(6-8-34)13-19(17-42-27)30-14-20(35)18-41-21-3-2-4-22(11-21)43(36,37)32-16-25(28)29/h2-4,11-12,15,19-20,25,30,32,35H,5-10,13-14,16-18H2,1H3. The van der Waals surface area contributed by atoms with Crippen LogP contribution in [0.5, 0.6) is 11.6 Å². The Labute approximate surface area is 255 Å². The highest BCUT2D eigenvalue weighted by molar-refractivity contribution is 7.89. The molecule has 17 heteroatoms. The summed E-state index contributed by atoms with van der Waals surface area (Å²) in [6, 6.07) is 6.93. The number of sulfonamides is 2. The third-order valence-corrected chi connectivity index (χ3v) is 11.3. The Morgan fingerprint density at radius 1 is 1.14 bits per heavy atom. The van der Waals surface area contributed by atoms with Gasteiger partial charge in [-0.2, -0.15) is 4.31 Å². The van der Waals surface area contributed by atoms with Crippen molar-refractivity contribution in [1.29, 1.82) is 0 Å². The zero-order valence-corrected chi connectivity index (χ0v) is 25.8. The average Bonchev–Trinajstić information content (AvgIpc) is 3.40. The molecular formula is C27H37F2N5O8S2. The lowest BCUT2D eigenvalue weighted by Crippen LogP contribution is -2.47. The average molecular weight is 662 g/mol. The van der Waals surface area contributed by atoms with E-state index in [0.29, 0.717) is 63.7 Å². The lowest BCUT2D eigenvalue weighted by molar-refractivity contribution is -0.0312. The maximum absolute atomic E-state index is 13.4. The predicted octanol–water partition coefficient (Wildman–Crippen LogP) is 0.795. The van der Waals surface area contributed by atoms with Gasteiger partial charge in [0.2, 0.25) is 25.9 Å². The van der Waals surface area contributed by atoms with Gasteiger partial charge in [-0.3, -0.25) is 0 Å². The summed E-state index contributed by atoms with van der Waals surface area (Å²) in [5.74, 6) is 0.590. The van der Waals surface area contributed by atoms with Crippen LogP contribution in [-0.2, 0) is 24.8 Å². The van der Waals surface area contributed by atoms with E-state index >= 15 is 0 Å². The first-order valence-electron chi connectivity index (χ1n) is 14.3. The zero-order valence-electron chi connectivity index (χ0n) is 24.2. The Bertz CT molecular complexity index is 1520.